The maximum absolute atomic E-state index is 6.38. The second-order valence-corrected chi connectivity index (χ2v) is 6.16. The Balaban J connectivity index is 1.92. The minimum atomic E-state index is 0.153. The third-order valence-corrected chi connectivity index (χ3v) is 4.32. The highest BCUT2D eigenvalue weighted by atomic mass is 35.5. The summed E-state index contributed by atoms with van der Waals surface area (Å²) in [7, 11) is 0. The van der Waals surface area contributed by atoms with Crippen molar-refractivity contribution in [2.24, 2.45) is 0 Å². The summed E-state index contributed by atoms with van der Waals surface area (Å²) in [5.41, 5.74) is 1.33. The normalized spacial score (nSPS) is 10.7. The van der Waals surface area contributed by atoms with Gasteiger partial charge >= 0.3 is 0 Å². The number of nitrogens with one attached hydrogen (secondary N) is 1. The lowest BCUT2D eigenvalue weighted by Gasteiger charge is -2.15. The van der Waals surface area contributed by atoms with Gasteiger partial charge in [-0.05, 0) is 36.4 Å². The van der Waals surface area contributed by atoms with Crippen molar-refractivity contribution < 1.29 is 9.47 Å². The van der Waals surface area contributed by atoms with Gasteiger partial charge in [-0.2, -0.15) is 5.21 Å². The van der Waals surface area contributed by atoms with Crippen LogP contribution in [0.3, 0.4) is 0 Å². The van der Waals surface area contributed by atoms with Crippen LogP contribution in [0.25, 0.3) is 11.4 Å². The summed E-state index contributed by atoms with van der Waals surface area (Å²) in [5.74, 6) is 1.27. The van der Waals surface area contributed by atoms with Gasteiger partial charge in [0, 0.05) is 21.2 Å². The van der Waals surface area contributed by atoms with Crippen molar-refractivity contribution in [3.8, 4) is 22.9 Å². The summed E-state index contributed by atoms with van der Waals surface area (Å²) in [6, 6.07) is 8.68. The van der Waals surface area contributed by atoms with E-state index in [9.17, 15) is 0 Å². The summed E-state index contributed by atoms with van der Waals surface area (Å²) < 4.78 is 11.5. The average Bonchev–Trinajstić information content (AvgIpc) is 3.11. The third-order valence-electron chi connectivity index (χ3n) is 3.34. The molecule has 0 spiro atoms. The van der Waals surface area contributed by atoms with E-state index in [1.54, 1.807) is 30.3 Å². The van der Waals surface area contributed by atoms with Crippen LogP contribution in [0.15, 0.2) is 30.3 Å². The molecule has 9 heteroatoms. The number of rotatable bonds is 6. The Morgan fingerprint density at radius 2 is 1.80 bits per heavy atom. The summed E-state index contributed by atoms with van der Waals surface area (Å²) in [5, 5.41) is 15.2. The number of aromatic nitrogens is 4. The van der Waals surface area contributed by atoms with Gasteiger partial charge in [-0.15, -0.1) is 10.2 Å². The van der Waals surface area contributed by atoms with E-state index in [4.69, 9.17) is 44.3 Å². The van der Waals surface area contributed by atoms with E-state index in [0.29, 0.717) is 50.1 Å². The first kappa shape index (κ1) is 17.8. The van der Waals surface area contributed by atoms with Crippen LogP contribution in [-0.4, -0.2) is 27.2 Å². The van der Waals surface area contributed by atoms with Crippen molar-refractivity contribution >= 4 is 34.8 Å². The van der Waals surface area contributed by atoms with E-state index in [0.717, 1.165) is 0 Å². The van der Waals surface area contributed by atoms with Crippen molar-refractivity contribution in [2.75, 3.05) is 6.61 Å². The third kappa shape index (κ3) is 3.98. The zero-order valence-corrected chi connectivity index (χ0v) is 15.4. The van der Waals surface area contributed by atoms with Crippen LogP contribution in [0.5, 0.6) is 11.5 Å². The fourth-order valence-corrected chi connectivity index (χ4v) is 2.97. The predicted molar refractivity (Wildman–Crippen MR) is 96.6 cm³/mol. The Kier molecular flexibility index (Phi) is 5.63. The van der Waals surface area contributed by atoms with Crippen molar-refractivity contribution in [1.82, 2.24) is 20.6 Å². The van der Waals surface area contributed by atoms with E-state index < -0.39 is 0 Å². The van der Waals surface area contributed by atoms with E-state index >= 15 is 0 Å². The molecule has 0 unspecified atom stereocenters. The van der Waals surface area contributed by atoms with E-state index in [2.05, 4.69) is 20.6 Å². The predicted octanol–water partition coefficient (Wildman–Crippen LogP) is 4.80. The molecule has 0 aliphatic heterocycles. The lowest BCUT2D eigenvalue weighted by molar-refractivity contribution is 0.269. The Bertz CT molecular complexity index is 852. The first-order valence-electron chi connectivity index (χ1n) is 7.36. The number of ether oxygens (including phenoxy) is 2. The van der Waals surface area contributed by atoms with Crippen molar-refractivity contribution in [2.45, 2.75) is 13.5 Å². The number of hydrogen-bond donors (Lipinski definition) is 1. The molecule has 0 radical (unpaired) electrons. The van der Waals surface area contributed by atoms with Crippen LogP contribution in [0.1, 0.15) is 12.5 Å². The van der Waals surface area contributed by atoms with Gasteiger partial charge in [0.1, 0.15) is 6.61 Å². The van der Waals surface area contributed by atoms with Crippen LogP contribution in [0.2, 0.25) is 15.1 Å². The Hall–Kier alpha value is -2.02. The smallest absolute Gasteiger partial charge is 0.204 e. The molecule has 0 fully saturated rings. The first-order chi connectivity index (χ1) is 12.1. The molecule has 6 nitrogen and oxygen atoms in total. The van der Waals surface area contributed by atoms with Crippen LogP contribution >= 0.6 is 34.8 Å². The molecule has 2 aromatic carbocycles. The maximum atomic E-state index is 6.38. The van der Waals surface area contributed by atoms with Gasteiger partial charge in [0.15, 0.2) is 11.5 Å². The number of hydrogen-bond acceptors (Lipinski definition) is 5. The molecule has 1 N–H and O–H groups in total. The molecule has 0 aliphatic carbocycles. The molecule has 25 heavy (non-hydrogen) atoms. The second kappa shape index (κ2) is 7.91. The summed E-state index contributed by atoms with van der Waals surface area (Å²) in [6.45, 7) is 2.46. The standard InChI is InChI=1S/C16H13Cl3N4O2/c1-2-24-14-7-9(16-20-22-23-21-16)6-13(19)15(14)25-8-10-11(17)4-3-5-12(10)18/h3-7H,2,8H2,1H3,(H,20,21,22,23). The van der Waals surface area contributed by atoms with Gasteiger partial charge < -0.3 is 9.47 Å². The molecule has 0 saturated heterocycles. The molecule has 0 atom stereocenters. The zero-order chi connectivity index (χ0) is 17.8. The molecule has 3 rings (SSSR count). The molecule has 1 heterocycles. The average molecular weight is 400 g/mol. The monoisotopic (exact) mass is 398 g/mol. The molecule has 3 aromatic rings. The van der Waals surface area contributed by atoms with E-state index in [1.807, 2.05) is 6.92 Å². The topological polar surface area (TPSA) is 72.9 Å². The largest absolute Gasteiger partial charge is 0.490 e. The molecule has 0 amide bonds. The lowest BCUT2D eigenvalue weighted by Crippen LogP contribution is -2.02. The minimum absolute atomic E-state index is 0.153. The quantitative estimate of drug-likeness (QED) is 0.644. The number of H-pyrrole nitrogens is 1. The Labute approximate surface area is 159 Å². The van der Waals surface area contributed by atoms with Crippen LogP contribution < -0.4 is 9.47 Å². The maximum Gasteiger partial charge on any atom is 0.204 e. The van der Waals surface area contributed by atoms with Crippen LogP contribution in [0, 0.1) is 0 Å². The van der Waals surface area contributed by atoms with Gasteiger partial charge in [0.2, 0.25) is 5.82 Å². The molecular weight excluding hydrogens is 387 g/mol. The summed E-state index contributed by atoms with van der Waals surface area (Å²) in [4.78, 5) is 0. The van der Waals surface area contributed by atoms with Crippen molar-refractivity contribution in [3.63, 3.8) is 0 Å². The van der Waals surface area contributed by atoms with E-state index in [-0.39, 0.29) is 6.61 Å². The molecule has 0 bridgehead atoms. The fraction of sp³-hybridized carbons (Fsp3) is 0.188. The molecular formula is C16H13Cl3N4O2. The molecule has 0 aliphatic rings. The number of nitrogens with zero attached hydrogens (tertiary/aromatic N) is 3. The second-order valence-electron chi connectivity index (χ2n) is 4.94. The van der Waals surface area contributed by atoms with Gasteiger partial charge in [-0.3, -0.25) is 0 Å². The van der Waals surface area contributed by atoms with Crippen LogP contribution in [-0.2, 0) is 6.61 Å². The summed E-state index contributed by atoms with van der Waals surface area (Å²) >= 11 is 18.7. The molecule has 0 saturated carbocycles. The number of aromatic amines is 1. The summed E-state index contributed by atoms with van der Waals surface area (Å²) in [6.07, 6.45) is 0. The van der Waals surface area contributed by atoms with Gasteiger partial charge in [-0.1, -0.05) is 40.9 Å². The van der Waals surface area contributed by atoms with E-state index in [1.165, 1.54) is 0 Å². The zero-order valence-electron chi connectivity index (χ0n) is 13.1. The number of benzene rings is 2. The SMILES string of the molecule is CCOc1cc(-c2nn[nH]n2)cc(Cl)c1OCc1c(Cl)cccc1Cl. The number of halogens is 3. The van der Waals surface area contributed by atoms with Gasteiger partial charge in [0.05, 0.1) is 11.6 Å². The van der Waals surface area contributed by atoms with Gasteiger partial charge in [0.25, 0.3) is 0 Å². The molecule has 130 valence electrons. The Morgan fingerprint density at radius 1 is 1.04 bits per heavy atom. The fourth-order valence-electron chi connectivity index (χ4n) is 2.20. The van der Waals surface area contributed by atoms with Crippen molar-refractivity contribution in [1.29, 1.82) is 0 Å². The number of tetrazole rings is 1. The highest BCUT2D eigenvalue weighted by Gasteiger charge is 2.17. The van der Waals surface area contributed by atoms with Gasteiger partial charge in [-0.25, -0.2) is 0 Å². The lowest BCUT2D eigenvalue weighted by atomic mass is 10.2. The molecule has 1 aromatic heterocycles. The van der Waals surface area contributed by atoms with Crippen molar-refractivity contribution in [3.05, 3.63) is 51.0 Å². The highest BCUT2D eigenvalue weighted by Crippen LogP contribution is 2.40. The van der Waals surface area contributed by atoms with Crippen LogP contribution in [0.4, 0.5) is 0 Å². The minimum Gasteiger partial charge on any atom is -0.490 e. The first-order valence-corrected chi connectivity index (χ1v) is 8.49. The highest BCUT2D eigenvalue weighted by molar-refractivity contribution is 6.36. The Morgan fingerprint density at radius 3 is 2.44 bits per heavy atom.